The van der Waals surface area contributed by atoms with Gasteiger partial charge in [0.15, 0.2) is 0 Å². The van der Waals surface area contributed by atoms with E-state index in [9.17, 15) is 14.4 Å². The van der Waals surface area contributed by atoms with Crippen LogP contribution < -0.4 is 10.6 Å². The summed E-state index contributed by atoms with van der Waals surface area (Å²) in [5.41, 5.74) is -0.963. The standard InChI is InChI=1S/C11H17N3O3/c1-11(2)10(17)13-8(15)6-14(11)9(16)7-4-3-5-12-7/h7,12H,3-6H2,1-2H3,(H,13,15,17). The van der Waals surface area contributed by atoms with Crippen molar-refractivity contribution in [2.75, 3.05) is 13.1 Å². The van der Waals surface area contributed by atoms with Gasteiger partial charge < -0.3 is 10.2 Å². The van der Waals surface area contributed by atoms with Gasteiger partial charge in [0.1, 0.15) is 12.1 Å². The van der Waals surface area contributed by atoms with Crippen molar-refractivity contribution >= 4 is 17.7 Å². The average molecular weight is 239 g/mol. The highest BCUT2D eigenvalue weighted by atomic mass is 16.2. The molecule has 2 saturated heterocycles. The van der Waals surface area contributed by atoms with Crippen molar-refractivity contribution in [3.05, 3.63) is 0 Å². The van der Waals surface area contributed by atoms with Gasteiger partial charge in [-0.05, 0) is 33.2 Å². The number of nitrogens with one attached hydrogen (secondary N) is 2. The Balaban J connectivity index is 2.19. The van der Waals surface area contributed by atoms with Crippen molar-refractivity contribution in [2.45, 2.75) is 38.3 Å². The van der Waals surface area contributed by atoms with Gasteiger partial charge in [-0.25, -0.2) is 0 Å². The van der Waals surface area contributed by atoms with E-state index in [1.165, 1.54) is 4.90 Å². The zero-order valence-corrected chi connectivity index (χ0v) is 10.1. The van der Waals surface area contributed by atoms with Crippen LogP contribution in [0.4, 0.5) is 0 Å². The Bertz CT molecular complexity index is 372. The molecule has 2 fully saturated rings. The zero-order valence-electron chi connectivity index (χ0n) is 10.1. The van der Waals surface area contributed by atoms with Gasteiger partial charge in [-0.3, -0.25) is 19.7 Å². The molecular formula is C11H17N3O3. The number of carbonyl (C=O) groups excluding carboxylic acids is 3. The van der Waals surface area contributed by atoms with Gasteiger partial charge in [-0.1, -0.05) is 0 Å². The number of nitrogens with zero attached hydrogens (tertiary/aromatic N) is 1. The van der Waals surface area contributed by atoms with Gasteiger partial charge in [0.25, 0.3) is 5.91 Å². The Morgan fingerprint density at radius 2 is 2.12 bits per heavy atom. The molecule has 0 radical (unpaired) electrons. The highest BCUT2D eigenvalue weighted by Crippen LogP contribution is 2.21. The van der Waals surface area contributed by atoms with E-state index in [2.05, 4.69) is 10.6 Å². The minimum absolute atomic E-state index is 0.0459. The third kappa shape index (κ3) is 2.04. The van der Waals surface area contributed by atoms with Gasteiger partial charge in [-0.15, -0.1) is 0 Å². The number of carbonyl (C=O) groups is 3. The van der Waals surface area contributed by atoms with E-state index >= 15 is 0 Å². The second-order valence-corrected chi connectivity index (χ2v) is 5.01. The summed E-state index contributed by atoms with van der Waals surface area (Å²) in [7, 11) is 0. The first-order valence-corrected chi connectivity index (χ1v) is 5.82. The van der Waals surface area contributed by atoms with Crippen LogP contribution in [0.3, 0.4) is 0 Å². The fourth-order valence-electron chi connectivity index (χ4n) is 2.22. The Morgan fingerprint density at radius 1 is 1.41 bits per heavy atom. The van der Waals surface area contributed by atoms with Crippen LogP contribution in [0, 0.1) is 0 Å². The number of piperazine rings is 1. The topological polar surface area (TPSA) is 78.5 Å². The van der Waals surface area contributed by atoms with Crippen molar-refractivity contribution in [2.24, 2.45) is 0 Å². The second-order valence-electron chi connectivity index (χ2n) is 5.01. The van der Waals surface area contributed by atoms with Crippen molar-refractivity contribution in [3.63, 3.8) is 0 Å². The Morgan fingerprint density at radius 3 is 2.71 bits per heavy atom. The summed E-state index contributed by atoms with van der Waals surface area (Å²) in [6, 6.07) is -0.257. The minimum atomic E-state index is -0.963. The normalized spacial score (nSPS) is 28.1. The quantitative estimate of drug-likeness (QED) is 0.575. The second kappa shape index (κ2) is 4.10. The summed E-state index contributed by atoms with van der Waals surface area (Å²) >= 11 is 0. The maximum Gasteiger partial charge on any atom is 0.252 e. The van der Waals surface area contributed by atoms with Crippen LogP contribution >= 0.6 is 0 Å². The van der Waals surface area contributed by atoms with E-state index < -0.39 is 17.4 Å². The molecule has 0 aromatic heterocycles. The first kappa shape index (κ1) is 12.0. The monoisotopic (exact) mass is 239 g/mol. The molecule has 0 aliphatic carbocycles. The van der Waals surface area contributed by atoms with Gasteiger partial charge in [0.05, 0.1) is 6.04 Å². The van der Waals surface area contributed by atoms with E-state index in [1.807, 2.05) is 0 Å². The van der Waals surface area contributed by atoms with Crippen molar-refractivity contribution in [1.82, 2.24) is 15.5 Å². The number of amides is 3. The lowest BCUT2D eigenvalue weighted by Crippen LogP contribution is -2.67. The first-order chi connectivity index (χ1) is 7.93. The smallest absolute Gasteiger partial charge is 0.252 e. The number of hydrogen-bond acceptors (Lipinski definition) is 4. The molecule has 1 unspecified atom stereocenters. The molecule has 0 aromatic rings. The van der Waals surface area contributed by atoms with Crippen LogP contribution in [-0.4, -0.2) is 47.3 Å². The fourth-order valence-corrected chi connectivity index (χ4v) is 2.22. The predicted molar refractivity (Wildman–Crippen MR) is 60.0 cm³/mol. The maximum atomic E-state index is 12.2. The van der Waals surface area contributed by atoms with Crippen LogP contribution in [0.1, 0.15) is 26.7 Å². The van der Waals surface area contributed by atoms with E-state index in [0.717, 1.165) is 19.4 Å². The van der Waals surface area contributed by atoms with E-state index in [0.29, 0.717) is 0 Å². The predicted octanol–water partition coefficient (Wildman–Crippen LogP) is -0.998. The third-order valence-corrected chi connectivity index (χ3v) is 3.41. The van der Waals surface area contributed by atoms with Crippen LogP contribution in [0.25, 0.3) is 0 Å². The Kier molecular flexibility index (Phi) is 2.91. The lowest BCUT2D eigenvalue weighted by atomic mass is 9.97. The van der Waals surface area contributed by atoms with Gasteiger partial charge >= 0.3 is 0 Å². The molecule has 3 amide bonds. The molecule has 0 bridgehead atoms. The molecule has 0 saturated carbocycles. The summed E-state index contributed by atoms with van der Waals surface area (Å²) in [4.78, 5) is 36.7. The highest BCUT2D eigenvalue weighted by molar-refractivity contribution is 6.06. The molecule has 17 heavy (non-hydrogen) atoms. The lowest BCUT2D eigenvalue weighted by molar-refractivity contribution is -0.156. The first-order valence-electron chi connectivity index (χ1n) is 5.82. The average Bonchev–Trinajstić information content (AvgIpc) is 2.76. The van der Waals surface area contributed by atoms with Crippen LogP contribution in [0.2, 0.25) is 0 Å². The van der Waals surface area contributed by atoms with Crippen LogP contribution in [-0.2, 0) is 14.4 Å². The SMILES string of the molecule is CC1(C)C(=O)NC(=O)CN1C(=O)C1CCCN1. The summed E-state index contributed by atoms with van der Waals surface area (Å²) in [6.07, 6.45) is 1.71. The van der Waals surface area contributed by atoms with Crippen molar-refractivity contribution in [3.8, 4) is 0 Å². The van der Waals surface area contributed by atoms with Crippen molar-refractivity contribution in [1.29, 1.82) is 0 Å². The third-order valence-electron chi connectivity index (χ3n) is 3.41. The minimum Gasteiger partial charge on any atom is -0.318 e. The van der Waals surface area contributed by atoms with E-state index in [4.69, 9.17) is 0 Å². The molecule has 0 aromatic carbocycles. The number of hydrogen-bond donors (Lipinski definition) is 2. The zero-order chi connectivity index (χ0) is 12.6. The maximum absolute atomic E-state index is 12.2. The molecule has 0 spiro atoms. The molecule has 6 nitrogen and oxygen atoms in total. The number of rotatable bonds is 1. The Labute approximate surface area is 99.7 Å². The van der Waals surface area contributed by atoms with E-state index in [1.54, 1.807) is 13.8 Å². The van der Waals surface area contributed by atoms with Crippen LogP contribution in [0.5, 0.6) is 0 Å². The number of imide groups is 1. The van der Waals surface area contributed by atoms with Gasteiger partial charge in [0, 0.05) is 0 Å². The summed E-state index contributed by atoms with van der Waals surface area (Å²) in [6.45, 7) is 4.07. The van der Waals surface area contributed by atoms with Crippen molar-refractivity contribution < 1.29 is 14.4 Å². The molecule has 2 aliphatic rings. The summed E-state index contributed by atoms with van der Waals surface area (Å²) in [5, 5.41) is 5.34. The lowest BCUT2D eigenvalue weighted by Gasteiger charge is -2.41. The molecule has 6 heteroatoms. The molecule has 2 aliphatic heterocycles. The van der Waals surface area contributed by atoms with E-state index in [-0.39, 0.29) is 18.5 Å². The summed E-state index contributed by atoms with van der Waals surface area (Å²) < 4.78 is 0. The fraction of sp³-hybridized carbons (Fsp3) is 0.727. The Hall–Kier alpha value is -1.43. The van der Waals surface area contributed by atoms with Crippen LogP contribution in [0.15, 0.2) is 0 Å². The molecule has 94 valence electrons. The van der Waals surface area contributed by atoms with Gasteiger partial charge in [-0.2, -0.15) is 0 Å². The summed E-state index contributed by atoms with van der Waals surface area (Å²) in [5.74, 6) is -0.989. The molecule has 2 N–H and O–H groups in total. The highest BCUT2D eigenvalue weighted by Gasteiger charge is 2.45. The largest absolute Gasteiger partial charge is 0.318 e. The molecule has 1 atom stereocenters. The molecule has 2 heterocycles. The molecular weight excluding hydrogens is 222 g/mol. The molecule has 2 rings (SSSR count). The van der Waals surface area contributed by atoms with Gasteiger partial charge in [0.2, 0.25) is 11.8 Å².